The van der Waals surface area contributed by atoms with Gasteiger partial charge in [-0.15, -0.1) is 0 Å². The Morgan fingerprint density at radius 3 is 2.49 bits per heavy atom. The van der Waals surface area contributed by atoms with E-state index < -0.39 is 59.2 Å². The maximum Gasteiger partial charge on any atom is 0.417 e. The molecule has 1 N–H and O–H groups in total. The molecule has 226 valence electrons. The fraction of sp³-hybridized carbons (Fsp3) is 0.643. The highest BCUT2D eigenvalue weighted by atomic mass is 19.4. The van der Waals surface area contributed by atoms with Crippen molar-refractivity contribution in [2.75, 3.05) is 13.7 Å². The van der Waals surface area contributed by atoms with Crippen molar-refractivity contribution in [3.05, 3.63) is 41.3 Å². The number of carbonyl (C=O) groups is 2. The van der Waals surface area contributed by atoms with Crippen LogP contribution in [0.5, 0.6) is 5.88 Å². The number of nitrogens with zero attached hydrogens (tertiary/aromatic N) is 4. The van der Waals surface area contributed by atoms with E-state index >= 15 is 0 Å². The largest absolute Gasteiger partial charge is 0.481 e. The molecule has 5 atom stereocenters. The Morgan fingerprint density at radius 1 is 1.24 bits per heavy atom. The van der Waals surface area contributed by atoms with Gasteiger partial charge in [-0.05, 0) is 44.2 Å². The summed E-state index contributed by atoms with van der Waals surface area (Å²) in [6, 6.07) is 0.285. The van der Waals surface area contributed by atoms with Gasteiger partial charge in [0, 0.05) is 36.5 Å². The van der Waals surface area contributed by atoms with Gasteiger partial charge in [0.1, 0.15) is 18.2 Å². The lowest BCUT2D eigenvalue weighted by atomic mass is 9.74. The lowest BCUT2D eigenvalue weighted by Gasteiger charge is -2.35. The summed E-state index contributed by atoms with van der Waals surface area (Å²) in [5.74, 6) is -2.47. The van der Waals surface area contributed by atoms with Gasteiger partial charge in [-0.1, -0.05) is 20.8 Å². The molecule has 0 saturated carbocycles. The van der Waals surface area contributed by atoms with E-state index in [9.17, 15) is 27.9 Å². The molecule has 10 nitrogen and oxygen atoms in total. The van der Waals surface area contributed by atoms with Crippen LogP contribution in [0, 0.1) is 11.3 Å². The Bertz CT molecular complexity index is 1250. The third-order valence-electron chi connectivity index (χ3n) is 7.69. The lowest BCUT2D eigenvalue weighted by Crippen LogP contribution is -2.50. The normalized spacial score (nSPS) is 25.2. The van der Waals surface area contributed by atoms with Crippen LogP contribution in [0.15, 0.2) is 24.5 Å². The van der Waals surface area contributed by atoms with E-state index in [4.69, 9.17) is 14.2 Å². The first-order valence-electron chi connectivity index (χ1n) is 13.6. The van der Waals surface area contributed by atoms with E-state index in [1.54, 1.807) is 16.9 Å². The summed E-state index contributed by atoms with van der Waals surface area (Å²) < 4.78 is 59.5. The summed E-state index contributed by atoms with van der Waals surface area (Å²) in [6.07, 6.45) is -3.00. The number of amides is 1. The molecule has 2 fully saturated rings. The molecule has 0 bridgehead atoms. The molecular formula is C28H37F3N4O6. The number of alkyl halides is 3. The Morgan fingerprint density at radius 2 is 1.95 bits per heavy atom. The van der Waals surface area contributed by atoms with Crippen LogP contribution in [0.4, 0.5) is 13.2 Å². The average Bonchev–Trinajstić information content (AvgIpc) is 3.64. The number of ether oxygens (including phenoxy) is 3. The van der Waals surface area contributed by atoms with Gasteiger partial charge in [0.05, 0.1) is 31.1 Å². The Kier molecular flexibility index (Phi) is 8.70. The summed E-state index contributed by atoms with van der Waals surface area (Å²) in [7, 11) is 1.29. The van der Waals surface area contributed by atoms with E-state index in [1.165, 1.54) is 12.0 Å². The molecule has 13 heteroatoms. The summed E-state index contributed by atoms with van der Waals surface area (Å²) in [5.41, 5.74) is -1.06. The number of aromatic nitrogens is 3. The first kappa shape index (κ1) is 30.8. The third-order valence-corrected chi connectivity index (χ3v) is 7.69. The zero-order chi connectivity index (χ0) is 30.3. The number of carboxylic acids is 1. The standard InChI is InChI=1S/C28H37F3N4O6/c1-15(2)35-18(9-10-33-35)21-23(41-14-16-12-17(28(29,30)31)13-32-24(16)39-6)20(27(3,4)5)22(26(37)38)34(21)25(36)19-8-7-11-40-19/h9-10,12-13,15,19-23H,7-8,11,14H2,1-6H3,(H,37,38)/t19-,20+,21-,22-,23-/m0/s1. The van der Waals surface area contributed by atoms with E-state index in [1.807, 2.05) is 34.6 Å². The van der Waals surface area contributed by atoms with E-state index in [0.29, 0.717) is 31.3 Å². The lowest BCUT2D eigenvalue weighted by molar-refractivity contribution is -0.156. The topological polar surface area (TPSA) is 116 Å². The van der Waals surface area contributed by atoms with Crippen LogP contribution < -0.4 is 4.74 Å². The van der Waals surface area contributed by atoms with Gasteiger partial charge < -0.3 is 24.2 Å². The number of halogens is 3. The molecule has 4 rings (SSSR count). The highest BCUT2D eigenvalue weighted by molar-refractivity contribution is 5.88. The Labute approximate surface area is 236 Å². The molecule has 1 amide bonds. The van der Waals surface area contributed by atoms with Crippen LogP contribution in [-0.4, -0.2) is 68.6 Å². The molecule has 0 unspecified atom stereocenters. The molecule has 2 aliphatic heterocycles. The Hall–Kier alpha value is -3.19. The number of carboxylic acid groups (broad SMARTS) is 1. The fourth-order valence-electron chi connectivity index (χ4n) is 5.95. The predicted octanol–water partition coefficient (Wildman–Crippen LogP) is 4.65. The minimum absolute atomic E-state index is 0.0434. The molecule has 2 aromatic heterocycles. The second kappa shape index (κ2) is 11.6. The van der Waals surface area contributed by atoms with Crippen LogP contribution in [0.25, 0.3) is 0 Å². The van der Waals surface area contributed by atoms with Crippen molar-refractivity contribution in [1.29, 1.82) is 0 Å². The van der Waals surface area contributed by atoms with Crippen molar-refractivity contribution >= 4 is 11.9 Å². The molecule has 0 spiro atoms. The van der Waals surface area contributed by atoms with Crippen molar-refractivity contribution in [3.8, 4) is 5.88 Å². The molecular weight excluding hydrogens is 545 g/mol. The van der Waals surface area contributed by atoms with Gasteiger partial charge in [0.15, 0.2) is 0 Å². The maximum absolute atomic E-state index is 14.0. The summed E-state index contributed by atoms with van der Waals surface area (Å²) in [6.45, 7) is 9.40. The van der Waals surface area contributed by atoms with Gasteiger partial charge in [-0.25, -0.2) is 9.78 Å². The van der Waals surface area contributed by atoms with E-state index in [0.717, 1.165) is 6.07 Å². The van der Waals surface area contributed by atoms with Gasteiger partial charge in [0.25, 0.3) is 5.91 Å². The number of rotatable bonds is 8. The predicted molar refractivity (Wildman–Crippen MR) is 140 cm³/mol. The molecule has 2 aromatic rings. The van der Waals surface area contributed by atoms with Crippen LogP contribution in [0.3, 0.4) is 0 Å². The van der Waals surface area contributed by atoms with Crippen molar-refractivity contribution < 1.29 is 42.1 Å². The quantitative estimate of drug-likeness (QED) is 0.478. The zero-order valence-electron chi connectivity index (χ0n) is 24.0. The third kappa shape index (κ3) is 6.06. The zero-order valence-corrected chi connectivity index (χ0v) is 24.0. The maximum atomic E-state index is 14.0. The fourth-order valence-corrected chi connectivity index (χ4v) is 5.95. The molecule has 2 saturated heterocycles. The minimum Gasteiger partial charge on any atom is -0.481 e. The first-order chi connectivity index (χ1) is 19.2. The molecule has 0 aromatic carbocycles. The number of likely N-dealkylation sites (tertiary alicyclic amines) is 1. The van der Waals surface area contributed by atoms with Crippen LogP contribution in [0.2, 0.25) is 0 Å². The van der Waals surface area contributed by atoms with E-state index in [-0.39, 0.29) is 24.1 Å². The van der Waals surface area contributed by atoms with Gasteiger partial charge in [-0.3, -0.25) is 9.48 Å². The summed E-state index contributed by atoms with van der Waals surface area (Å²) in [4.78, 5) is 32.1. The van der Waals surface area contributed by atoms with Crippen LogP contribution in [-0.2, 0) is 31.8 Å². The molecule has 41 heavy (non-hydrogen) atoms. The second-order valence-corrected chi connectivity index (χ2v) is 11.8. The SMILES string of the molecule is COc1ncc(C(F)(F)F)cc1CO[C@H]1[C@H](C(C)(C)C)[C@@H](C(=O)O)N(C(=O)[C@@H]2CCCO2)[C@H]1c1ccnn1C(C)C. The summed E-state index contributed by atoms with van der Waals surface area (Å²) >= 11 is 0. The molecule has 0 aliphatic carbocycles. The highest BCUT2D eigenvalue weighted by Gasteiger charge is 2.60. The van der Waals surface area contributed by atoms with E-state index in [2.05, 4.69) is 10.1 Å². The number of carbonyl (C=O) groups excluding carboxylic acids is 1. The molecule has 0 radical (unpaired) electrons. The highest BCUT2D eigenvalue weighted by Crippen LogP contribution is 2.50. The van der Waals surface area contributed by atoms with Crippen LogP contribution in [0.1, 0.15) is 76.4 Å². The number of hydrogen-bond donors (Lipinski definition) is 1. The smallest absolute Gasteiger partial charge is 0.417 e. The van der Waals surface area contributed by atoms with Crippen molar-refractivity contribution in [2.45, 2.75) is 90.6 Å². The van der Waals surface area contributed by atoms with Gasteiger partial charge in [-0.2, -0.15) is 18.3 Å². The minimum atomic E-state index is -4.64. The monoisotopic (exact) mass is 582 g/mol. The molecule has 4 heterocycles. The summed E-state index contributed by atoms with van der Waals surface area (Å²) in [5, 5.41) is 15.0. The van der Waals surface area contributed by atoms with Crippen LogP contribution >= 0.6 is 0 Å². The second-order valence-electron chi connectivity index (χ2n) is 11.8. The Balaban J connectivity index is 1.86. The number of aliphatic carboxylic acids is 1. The number of hydrogen-bond acceptors (Lipinski definition) is 7. The number of pyridine rings is 1. The first-order valence-corrected chi connectivity index (χ1v) is 13.6. The number of methoxy groups -OCH3 is 1. The van der Waals surface area contributed by atoms with Gasteiger partial charge >= 0.3 is 12.1 Å². The average molecular weight is 583 g/mol. The van der Waals surface area contributed by atoms with Crippen molar-refractivity contribution in [3.63, 3.8) is 0 Å². The van der Waals surface area contributed by atoms with Gasteiger partial charge in [0.2, 0.25) is 5.88 Å². The molecule has 2 aliphatic rings. The van der Waals surface area contributed by atoms with Crippen molar-refractivity contribution in [2.24, 2.45) is 11.3 Å². The van der Waals surface area contributed by atoms with Crippen molar-refractivity contribution in [1.82, 2.24) is 19.7 Å².